The Hall–Kier alpha value is -3.94. The van der Waals surface area contributed by atoms with Gasteiger partial charge in [0.25, 0.3) is 0 Å². The van der Waals surface area contributed by atoms with Crippen molar-refractivity contribution in [1.82, 2.24) is 5.01 Å². The number of hydrogen-bond acceptors (Lipinski definition) is 6. The highest BCUT2D eigenvalue weighted by Crippen LogP contribution is 2.20. The second-order valence-corrected chi connectivity index (χ2v) is 6.70. The third-order valence-electron chi connectivity index (χ3n) is 4.21. The average Bonchev–Trinajstić information content (AvgIpc) is 2.79. The molecule has 8 nitrogen and oxygen atoms in total. The van der Waals surface area contributed by atoms with E-state index < -0.39 is 5.97 Å². The topological polar surface area (TPSA) is 85.1 Å². The summed E-state index contributed by atoms with van der Waals surface area (Å²) in [7, 11) is 4.69. The van der Waals surface area contributed by atoms with Crippen LogP contribution in [0, 0.1) is 0 Å². The van der Waals surface area contributed by atoms with Crippen molar-refractivity contribution in [2.75, 3.05) is 34.4 Å². The number of carbonyl (C=O) groups excluding carboxylic acids is 1. The summed E-state index contributed by atoms with van der Waals surface area (Å²) in [5.41, 5.74) is 0.601. The normalized spacial score (nSPS) is 11.5. The molecule has 0 atom stereocenters. The molecule has 3 aromatic carbocycles. The summed E-state index contributed by atoms with van der Waals surface area (Å²) in [6.45, 7) is 0.779. The van der Waals surface area contributed by atoms with Crippen LogP contribution in [-0.2, 0) is 9.53 Å². The van der Waals surface area contributed by atoms with Gasteiger partial charge in [0.15, 0.2) is 5.71 Å². The van der Waals surface area contributed by atoms with Gasteiger partial charge in [-0.1, -0.05) is 35.6 Å². The smallest absolute Gasteiger partial charge is 0.359 e. The summed E-state index contributed by atoms with van der Waals surface area (Å²) in [6, 6.07) is 21.0. The molecule has 0 bridgehead atoms. The summed E-state index contributed by atoms with van der Waals surface area (Å²) >= 11 is 0. The molecular weight excluding hydrogens is 396 g/mol. The van der Waals surface area contributed by atoms with Crippen molar-refractivity contribution in [3.63, 3.8) is 0 Å². The number of rotatable bonds is 9. The van der Waals surface area contributed by atoms with Gasteiger partial charge < -0.3 is 14.2 Å². The molecule has 31 heavy (non-hydrogen) atoms. The zero-order chi connectivity index (χ0) is 22.1. The number of hydrogen-bond donors (Lipinski definition) is 0. The molecule has 0 aliphatic heterocycles. The molecule has 0 spiro atoms. The number of esters is 1. The van der Waals surface area contributed by atoms with Crippen molar-refractivity contribution >= 4 is 22.5 Å². The Balaban J connectivity index is 1.56. The molecule has 8 heteroatoms. The SMILES string of the molecule is COC(=O)/C(=N/N=NN(C)C)c1ccc(OCCOc2ccc3ccccc3c2)cc1. The van der Waals surface area contributed by atoms with Gasteiger partial charge in [0.05, 0.1) is 7.11 Å². The second-order valence-electron chi connectivity index (χ2n) is 6.70. The molecule has 0 amide bonds. The van der Waals surface area contributed by atoms with E-state index in [1.54, 1.807) is 38.4 Å². The maximum Gasteiger partial charge on any atom is 0.359 e. The van der Waals surface area contributed by atoms with E-state index >= 15 is 0 Å². The van der Waals surface area contributed by atoms with Crippen LogP contribution in [-0.4, -0.2) is 51.1 Å². The first-order valence-electron chi connectivity index (χ1n) is 9.66. The van der Waals surface area contributed by atoms with E-state index in [9.17, 15) is 4.79 Å². The zero-order valence-corrected chi connectivity index (χ0v) is 17.7. The standard InChI is InChI=1S/C23H24N4O4/c1-27(2)26-25-24-22(23(28)29-3)18-9-11-20(12-10-18)30-14-15-31-21-13-8-17-6-4-5-7-19(17)16-21/h4-13,16H,14-15H2,1-3H3/b24-22+,26-25?. The lowest BCUT2D eigenvalue weighted by Gasteiger charge is -2.10. The first kappa shape index (κ1) is 21.8. The van der Waals surface area contributed by atoms with Crippen molar-refractivity contribution in [2.45, 2.75) is 0 Å². The Bertz CT molecular complexity index is 1080. The Morgan fingerprint density at radius 1 is 0.871 bits per heavy atom. The summed E-state index contributed by atoms with van der Waals surface area (Å²) in [6.07, 6.45) is 0. The van der Waals surface area contributed by atoms with Gasteiger partial charge in [0.1, 0.15) is 24.7 Å². The highest BCUT2D eigenvalue weighted by molar-refractivity contribution is 6.43. The monoisotopic (exact) mass is 420 g/mol. The number of carbonyl (C=O) groups is 1. The van der Waals surface area contributed by atoms with Crippen LogP contribution in [0.15, 0.2) is 82.3 Å². The van der Waals surface area contributed by atoms with Gasteiger partial charge in [-0.25, -0.2) is 4.79 Å². The van der Waals surface area contributed by atoms with E-state index in [0.717, 1.165) is 11.1 Å². The lowest BCUT2D eigenvalue weighted by Crippen LogP contribution is -2.17. The Kier molecular flexibility index (Phi) is 7.53. The number of fused-ring (bicyclic) bond motifs is 1. The Labute approximate surface area is 180 Å². The van der Waals surface area contributed by atoms with Crippen LogP contribution in [0.2, 0.25) is 0 Å². The van der Waals surface area contributed by atoms with E-state index in [2.05, 4.69) is 21.6 Å². The van der Waals surface area contributed by atoms with Crippen LogP contribution in [0.1, 0.15) is 5.56 Å². The first-order chi connectivity index (χ1) is 15.1. The maximum absolute atomic E-state index is 12.0. The Morgan fingerprint density at radius 2 is 1.52 bits per heavy atom. The van der Waals surface area contributed by atoms with Crippen molar-refractivity contribution in [1.29, 1.82) is 0 Å². The quantitative estimate of drug-likeness (QED) is 0.171. The summed E-state index contributed by atoms with van der Waals surface area (Å²) in [4.78, 5) is 12.0. The van der Waals surface area contributed by atoms with Crippen molar-refractivity contribution < 1.29 is 19.0 Å². The van der Waals surface area contributed by atoms with Gasteiger partial charge in [-0.2, -0.15) is 0 Å². The highest BCUT2D eigenvalue weighted by atomic mass is 16.5. The molecule has 0 saturated heterocycles. The first-order valence-corrected chi connectivity index (χ1v) is 9.66. The average molecular weight is 420 g/mol. The molecule has 0 aliphatic rings. The molecule has 0 radical (unpaired) electrons. The van der Waals surface area contributed by atoms with Crippen molar-refractivity contribution in [3.05, 3.63) is 72.3 Å². The predicted molar refractivity (Wildman–Crippen MR) is 118 cm³/mol. The molecule has 0 aromatic heterocycles. The third-order valence-corrected chi connectivity index (χ3v) is 4.21. The number of nitrogens with zero attached hydrogens (tertiary/aromatic N) is 4. The van der Waals surface area contributed by atoms with Crippen LogP contribution in [0.25, 0.3) is 10.8 Å². The molecular formula is C23H24N4O4. The third kappa shape index (κ3) is 6.27. The van der Waals surface area contributed by atoms with Crippen LogP contribution in [0.4, 0.5) is 0 Å². The summed E-state index contributed by atoms with van der Waals surface area (Å²) in [5.74, 6) is 0.837. The minimum absolute atomic E-state index is 0.0549. The van der Waals surface area contributed by atoms with Crippen LogP contribution in [0.3, 0.4) is 0 Å². The van der Waals surface area contributed by atoms with E-state index in [4.69, 9.17) is 14.2 Å². The molecule has 0 heterocycles. The lowest BCUT2D eigenvalue weighted by molar-refractivity contribution is -0.132. The lowest BCUT2D eigenvalue weighted by atomic mass is 10.1. The zero-order valence-electron chi connectivity index (χ0n) is 17.7. The Morgan fingerprint density at radius 3 is 2.19 bits per heavy atom. The summed E-state index contributed by atoms with van der Waals surface area (Å²) < 4.78 is 16.3. The molecule has 0 fully saturated rings. The highest BCUT2D eigenvalue weighted by Gasteiger charge is 2.15. The molecule has 160 valence electrons. The van der Waals surface area contributed by atoms with E-state index in [1.165, 1.54) is 17.5 Å². The van der Waals surface area contributed by atoms with Gasteiger partial charge in [0.2, 0.25) is 0 Å². The second kappa shape index (κ2) is 10.7. The van der Waals surface area contributed by atoms with Crippen molar-refractivity contribution in [3.8, 4) is 11.5 Å². The summed E-state index contributed by atoms with van der Waals surface area (Å²) in [5, 5.41) is 15.0. The van der Waals surface area contributed by atoms with Crippen LogP contribution in [0.5, 0.6) is 11.5 Å². The number of ether oxygens (including phenoxy) is 3. The fraction of sp³-hybridized carbons (Fsp3) is 0.217. The van der Waals surface area contributed by atoms with Gasteiger partial charge in [-0.05, 0) is 52.4 Å². The maximum atomic E-state index is 12.0. The fourth-order valence-corrected chi connectivity index (χ4v) is 2.74. The van der Waals surface area contributed by atoms with E-state index in [1.807, 2.05) is 36.4 Å². The van der Waals surface area contributed by atoms with Gasteiger partial charge >= 0.3 is 5.97 Å². The largest absolute Gasteiger partial charge is 0.490 e. The van der Waals surface area contributed by atoms with Gasteiger partial charge in [0, 0.05) is 19.7 Å². The predicted octanol–water partition coefficient (Wildman–Crippen LogP) is 4.10. The van der Waals surface area contributed by atoms with Crippen molar-refractivity contribution in [2.24, 2.45) is 15.5 Å². The minimum atomic E-state index is -0.602. The molecule has 3 rings (SSSR count). The van der Waals surface area contributed by atoms with Crippen LogP contribution >= 0.6 is 0 Å². The molecule has 0 N–H and O–H groups in total. The fourth-order valence-electron chi connectivity index (χ4n) is 2.74. The molecule has 3 aromatic rings. The number of benzene rings is 3. The molecule has 0 saturated carbocycles. The molecule has 0 unspecified atom stereocenters. The number of methoxy groups -OCH3 is 1. The van der Waals surface area contributed by atoms with E-state index in [0.29, 0.717) is 24.5 Å². The van der Waals surface area contributed by atoms with Gasteiger partial charge in [-0.15, -0.1) is 5.10 Å². The van der Waals surface area contributed by atoms with E-state index in [-0.39, 0.29) is 5.71 Å². The minimum Gasteiger partial charge on any atom is -0.490 e. The molecule has 0 aliphatic carbocycles. The van der Waals surface area contributed by atoms with Gasteiger partial charge in [-0.3, -0.25) is 5.01 Å². The van der Waals surface area contributed by atoms with Crippen LogP contribution < -0.4 is 9.47 Å².